The van der Waals surface area contributed by atoms with Crippen molar-refractivity contribution in [2.24, 2.45) is 0 Å². The van der Waals surface area contributed by atoms with Crippen LogP contribution in [0.4, 0.5) is 5.69 Å². The van der Waals surface area contributed by atoms with E-state index in [-0.39, 0.29) is 11.9 Å². The van der Waals surface area contributed by atoms with Crippen molar-refractivity contribution in [3.8, 4) is 5.75 Å². The topological polar surface area (TPSA) is 44.8 Å². The SMILES string of the molecule is COc1ccccc1N1C(=S)N[C@@H](c2ccc(Cl)cc2)C(C(=O)N(C)C)=C1C. The highest BCUT2D eigenvalue weighted by atomic mass is 35.5. The Balaban J connectivity index is 2.18. The molecule has 1 heterocycles. The van der Waals surface area contributed by atoms with Gasteiger partial charge in [-0.3, -0.25) is 9.69 Å². The molecule has 0 spiro atoms. The number of halogens is 1. The lowest BCUT2D eigenvalue weighted by Gasteiger charge is -2.39. The average Bonchev–Trinajstić information content (AvgIpc) is 2.68. The van der Waals surface area contributed by atoms with Gasteiger partial charge in [-0.25, -0.2) is 0 Å². The van der Waals surface area contributed by atoms with Gasteiger partial charge in [-0.15, -0.1) is 0 Å². The van der Waals surface area contributed by atoms with Crippen LogP contribution in [0.5, 0.6) is 5.75 Å². The molecule has 0 saturated carbocycles. The number of thiocarbonyl (C=S) groups is 1. The van der Waals surface area contributed by atoms with E-state index in [9.17, 15) is 4.79 Å². The van der Waals surface area contributed by atoms with E-state index in [2.05, 4.69) is 5.32 Å². The molecule has 0 fully saturated rings. The molecule has 28 heavy (non-hydrogen) atoms. The maximum Gasteiger partial charge on any atom is 0.253 e. The molecule has 1 atom stereocenters. The highest BCUT2D eigenvalue weighted by molar-refractivity contribution is 7.80. The molecule has 2 aromatic rings. The molecule has 0 radical (unpaired) electrons. The lowest BCUT2D eigenvalue weighted by molar-refractivity contribution is -0.125. The smallest absolute Gasteiger partial charge is 0.253 e. The van der Waals surface area contributed by atoms with Gasteiger partial charge in [0.25, 0.3) is 5.91 Å². The Morgan fingerprint density at radius 2 is 1.82 bits per heavy atom. The standard InChI is InChI=1S/C21H22ClN3O2S/c1-13-18(20(26)24(2)3)19(14-9-11-15(22)12-10-14)23-21(28)25(13)16-7-5-6-8-17(16)27-4/h5-12,19H,1-4H3,(H,23,28)/t19-/m0/s1. The number of methoxy groups -OCH3 is 1. The number of hydrogen-bond acceptors (Lipinski definition) is 3. The first kappa shape index (κ1) is 20.2. The second-order valence-electron chi connectivity index (χ2n) is 6.64. The van der Waals surface area contributed by atoms with Crippen LogP contribution in [0.25, 0.3) is 0 Å². The maximum atomic E-state index is 13.1. The Morgan fingerprint density at radius 3 is 2.43 bits per heavy atom. The monoisotopic (exact) mass is 415 g/mol. The first-order valence-corrected chi connectivity index (χ1v) is 9.55. The minimum Gasteiger partial charge on any atom is -0.495 e. The van der Waals surface area contributed by atoms with E-state index in [0.717, 1.165) is 16.9 Å². The molecule has 0 aromatic heterocycles. The molecule has 1 amide bonds. The lowest BCUT2D eigenvalue weighted by atomic mass is 9.94. The molecule has 0 aliphatic carbocycles. The number of ether oxygens (including phenoxy) is 1. The van der Waals surface area contributed by atoms with E-state index >= 15 is 0 Å². The van der Waals surface area contributed by atoms with Crippen molar-refractivity contribution < 1.29 is 9.53 Å². The number of hydrogen-bond donors (Lipinski definition) is 1. The Kier molecular flexibility index (Phi) is 5.91. The molecule has 146 valence electrons. The molecule has 1 N–H and O–H groups in total. The van der Waals surface area contributed by atoms with Crippen molar-refractivity contribution in [2.75, 3.05) is 26.1 Å². The van der Waals surface area contributed by atoms with Crippen molar-refractivity contribution in [2.45, 2.75) is 13.0 Å². The summed E-state index contributed by atoms with van der Waals surface area (Å²) in [4.78, 5) is 16.5. The molecular weight excluding hydrogens is 394 g/mol. The number of likely N-dealkylation sites (N-methyl/N-ethyl adjacent to an activating group) is 1. The number of nitrogens with zero attached hydrogens (tertiary/aromatic N) is 2. The summed E-state index contributed by atoms with van der Waals surface area (Å²) in [6.07, 6.45) is 0. The van der Waals surface area contributed by atoms with Gasteiger partial charge in [0.1, 0.15) is 5.75 Å². The normalized spacial score (nSPS) is 16.7. The number of nitrogens with one attached hydrogen (secondary N) is 1. The number of benzene rings is 2. The van der Waals surface area contributed by atoms with E-state index in [1.54, 1.807) is 38.2 Å². The molecule has 1 aliphatic rings. The zero-order valence-electron chi connectivity index (χ0n) is 16.2. The zero-order valence-corrected chi connectivity index (χ0v) is 17.8. The van der Waals surface area contributed by atoms with E-state index < -0.39 is 0 Å². The van der Waals surface area contributed by atoms with Crippen LogP contribution in [0.2, 0.25) is 5.02 Å². The third-order valence-corrected chi connectivity index (χ3v) is 5.20. The molecular formula is C21H22ClN3O2S. The first-order valence-electron chi connectivity index (χ1n) is 8.76. The van der Waals surface area contributed by atoms with Crippen molar-refractivity contribution in [3.05, 3.63) is 70.4 Å². The Bertz CT molecular complexity index is 941. The maximum absolute atomic E-state index is 13.1. The van der Waals surface area contributed by atoms with Crippen molar-refractivity contribution in [1.29, 1.82) is 0 Å². The van der Waals surface area contributed by atoms with Gasteiger partial charge in [-0.1, -0.05) is 35.9 Å². The lowest BCUT2D eigenvalue weighted by Crippen LogP contribution is -2.49. The predicted octanol–water partition coefficient (Wildman–Crippen LogP) is 4.15. The summed E-state index contributed by atoms with van der Waals surface area (Å²) in [5.74, 6) is 0.583. The number of rotatable bonds is 4. The van der Waals surface area contributed by atoms with Crippen LogP contribution in [-0.2, 0) is 4.79 Å². The second kappa shape index (κ2) is 8.20. The highest BCUT2D eigenvalue weighted by Crippen LogP contribution is 2.38. The van der Waals surface area contributed by atoms with Gasteiger partial charge < -0.3 is 15.0 Å². The summed E-state index contributed by atoms with van der Waals surface area (Å²) < 4.78 is 5.50. The van der Waals surface area contributed by atoms with Gasteiger partial charge in [-0.2, -0.15) is 0 Å². The Labute approximate surface area is 175 Å². The number of carbonyl (C=O) groups is 1. The summed E-state index contributed by atoms with van der Waals surface area (Å²) >= 11 is 11.7. The first-order chi connectivity index (χ1) is 13.3. The predicted molar refractivity (Wildman–Crippen MR) is 117 cm³/mol. The second-order valence-corrected chi connectivity index (χ2v) is 7.46. The van der Waals surface area contributed by atoms with Crippen LogP contribution >= 0.6 is 23.8 Å². The number of amides is 1. The fraction of sp³-hybridized carbons (Fsp3) is 0.238. The molecule has 5 nitrogen and oxygen atoms in total. The van der Waals surface area contributed by atoms with Crippen LogP contribution in [0, 0.1) is 0 Å². The summed E-state index contributed by atoms with van der Waals surface area (Å²) in [5.41, 5.74) is 3.06. The third-order valence-electron chi connectivity index (χ3n) is 4.65. The summed E-state index contributed by atoms with van der Waals surface area (Å²) in [6.45, 7) is 1.90. The van der Waals surface area contributed by atoms with E-state index in [1.807, 2.05) is 48.2 Å². The number of allylic oxidation sites excluding steroid dienone is 1. The average molecular weight is 416 g/mol. The van der Waals surface area contributed by atoms with Gasteiger partial charge in [0.2, 0.25) is 0 Å². The fourth-order valence-electron chi connectivity index (χ4n) is 3.27. The Hall–Kier alpha value is -2.57. The summed E-state index contributed by atoms with van der Waals surface area (Å²) in [7, 11) is 5.09. The molecule has 0 bridgehead atoms. The zero-order chi connectivity index (χ0) is 20.4. The molecule has 3 rings (SSSR count). The minimum atomic E-state index is -0.370. The van der Waals surface area contributed by atoms with Crippen molar-refractivity contribution in [3.63, 3.8) is 0 Å². The molecule has 0 unspecified atom stereocenters. The summed E-state index contributed by atoms with van der Waals surface area (Å²) in [6, 6.07) is 14.6. The Morgan fingerprint density at radius 1 is 1.18 bits per heavy atom. The van der Waals surface area contributed by atoms with Crippen LogP contribution in [0.15, 0.2) is 59.8 Å². The fourth-order valence-corrected chi connectivity index (χ4v) is 3.75. The van der Waals surface area contributed by atoms with Gasteiger partial charge in [0, 0.05) is 24.8 Å². The number of carbonyl (C=O) groups excluding carboxylic acids is 1. The minimum absolute atomic E-state index is 0.0904. The molecule has 2 aromatic carbocycles. The van der Waals surface area contributed by atoms with Gasteiger partial charge >= 0.3 is 0 Å². The quantitative estimate of drug-likeness (QED) is 0.760. The van der Waals surface area contributed by atoms with E-state index in [1.165, 1.54) is 0 Å². The molecule has 7 heteroatoms. The van der Waals surface area contributed by atoms with E-state index in [4.69, 9.17) is 28.6 Å². The summed E-state index contributed by atoms with van der Waals surface area (Å²) in [5, 5.41) is 4.46. The third kappa shape index (κ3) is 3.70. The highest BCUT2D eigenvalue weighted by Gasteiger charge is 2.36. The largest absolute Gasteiger partial charge is 0.495 e. The number of anilines is 1. The van der Waals surface area contributed by atoms with Crippen LogP contribution in [0.3, 0.4) is 0 Å². The van der Waals surface area contributed by atoms with Crippen LogP contribution in [-0.4, -0.2) is 37.1 Å². The van der Waals surface area contributed by atoms with Crippen LogP contribution < -0.4 is 15.0 Å². The van der Waals surface area contributed by atoms with Crippen molar-refractivity contribution >= 4 is 40.5 Å². The van der Waals surface area contributed by atoms with E-state index in [0.29, 0.717) is 21.5 Å². The number of para-hydroxylation sites is 2. The van der Waals surface area contributed by atoms with Crippen LogP contribution in [0.1, 0.15) is 18.5 Å². The molecule has 0 saturated heterocycles. The molecule has 1 aliphatic heterocycles. The van der Waals surface area contributed by atoms with Gasteiger partial charge in [-0.05, 0) is 49.0 Å². The van der Waals surface area contributed by atoms with Gasteiger partial charge in [0.15, 0.2) is 5.11 Å². The van der Waals surface area contributed by atoms with Gasteiger partial charge in [0.05, 0.1) is 24.4 Å². The van der Waals surface area contributed by atoms with Crippen molar-refractivity contribution in [1.82, 2.24) is 10.2 Å².